The number of ether oxygens (including phenoxy) is 1. The number of urea groups is 1. The van der Waals surface area contributed by atoms with E-state index in [1.807, 2.05) is 54.6 Å². The molecule has 2 amide bonds. The van der Waals surface area contributed by atoms with Crippen molar-refractivity contribution in [3.05, 3.63) is 65.7 Å². The zero-order valence-corrected chi connectivity index (χ0v) is 15.1. The quantitative estimate of drug-likeness (QED) is 0.820. The van der Waals surface area contributed by atoms with Gasteiger partial charge in [-0.15, -0.1) is 0 Å². The molecular weight excluding hydrogens is 344 g/mol. The van der Waals surface area contributed by atoms with E-state index in [9.17, 15) is 9.59 Å². The van der Waals surface area contributed by atoms with Gasteiger partial charge in [-0.05, 0) is 24.5 Å². The molecule has 0 bridgehead atoms. The molecule has 0 aliphatic carbocycles. The van der Waals surface area contributed by atoms with Crippen molar-refractivity contribution < 1.29 is 19.4 Å². The SMILES string of the molecule is O=C(O)C1CCN(C(=O)NCc2ccccc2OCc2ccccc2)CC1. The van der Waals surface area contributed by atoms with Gasteiger partial charge in [0.25, 0.3) is 0 Å². The molecule has 2 aromatic carbocycles. The number of hydrogen-bond acceptors (Lipinski definition) is 3. The molecule has 3 rings (SSSR count). The first-order valence-corrected chi connectivity index (χ1v) is 9.13. The maximum absolute atomic E-state index is 12.4. The van der Waals surface area contributed by atoms with Gasteiger partial charge in [-0.2, -0.15) is 0 Å². The van der Waals surface area contributed by atoms with Crippen molar-refractivity contribution in [1.82, 2.24) is 10.2 Å². The summed E-state index contributed by atoms with van der Waals surface area (Å²) in [6.45, 7) is 1.76. The number of hydrogen-bond donors (Lipinski definition) is 2. The maximum Gasteiger partial charge on any atom is 0.317 e. The molecule has 0 unspecified atom stereocenters. The Morgan fingerprint density at radius 2 is 1.70 bits per heavy atom. The number of likely N-dealkylation sites (tertiary alicyclic amines) is 1. The van der Waals surface area contributed by atoms with Crippen molar-refractivity contribution >= 4 is 12.0 Å². The lowest BCUT2D eigenvalue weighted by Gasteiger charge is -2.30. The van der Waals surface area contributed by atoms with Crippen molar-refractivity contribution in [2.45, 2.75) is 26.0 Å². The number of benzene rings is 2. The third-order valence-electron chi connectivity index (χ3n) is 4.77. The second-order valence-corrected chi connectivity index (χ2v) is 6.64. The number of nitrogens with zero attached hydrogens (tertiary/aromatic N) is 1. The van der Waals surface area contributed by atoms with E-state index in [1.54, 1.807) is 4.90 Å². The van der Waals surface area contributed by atoms with Crippen molar-refractivity contribution in [1.29, 1.82) is 0 Å². The summed E-state index contributed by atoms with van der Waals surface area (Å²) in [7, 11) is 0. The number of carbonyl (C=O) groups excluding carboxylic acids is 1. The van der Waals surface area contributed by atoms with E-state index >= 15 is 0 Å². The highest BCUT2D eigenvalue weighted by Gasteiger charge is 2.26. The van der Waals surface area contributed by atoms with Crippen LogP contribution in [0.4, 0.5) is 4.79 Å². The van der Waals surface area contributed by atoms with Gasteiger partial charge in [0.15, 0.2) is 0 Å². The zero-order chi connectivity index (χ0) is 19.1. The van der Waals surface area contributed by atoms with Crippen molar-refractivity contribution in [3.63, 3.8) is 0 Å². The first kappa shape index (κ1) is 18.8. The molecule has 0 aromatic heterocycles. The molecule has 2 N–H and O–H groups in total. The van der Waals surface area contributed by atoms with E-state index in [0.29, 0.717) is 39.1 Å². The Hall–Kier alpha value is -3.02. The van der Waals surface area contributed by atoms with Crippen molar-refractivity contribution in [2.75, 3.05) is 13.1 Å². The van der Waals surface area contributed by atoms with E-state index in [1.165, 1.54) is 0 Å². The second kappa shape index (κ2) is 9.07. The highest BCUT2D eigenvalue weighted by atomic mass is 16.5. The van der Waals surface area contributed by atoms with E-state index in [4.69, 9.17) is 9.84 Å². The van der Waals surface area contributed by atoms with Gasteiger partial charge in [-0.1, -0.05) is 48.5 Å². The van der Waals surface area contributed by atoms with Crippen LogP contribution in [-0.4, -0.2) is 35.1 Å². The predicted octanol–water partition coefficient (Wildman–Crippen LogP) is 3.27. The predicted molar refractivity (Wildman–Crippen MR) is 101 cm³/mol. The van der Waals surface area contributed by atoms with E-state index in [-0.39, 0.29) is 11.9 Å². The summed E-state index contributed by atoms with van der Waals surface area (Å²) >= 11 is 0. The molecule has 6 nitrogen and oxygen atoms in total. The molecule has 6 heteroatoms. The fourth-order valence-corrected chi connectivity index (χ4v) is 3.14. The second-order valence-electron chi connectivity index (χ2n) is 6.64. The molecule has 142 valence electrons. The Labute approximate surface area is 158 Å². The van der Waals surface area contributed by atoms with Gasteiger partial charge in [-0.25, -0.2) is 4.79 Å². The van der Waals surface area contributed by atoms with Crippen LogP contribution in [0.3, 0.4) is 0 Å². The Bertz CT molecular complexity index is 771. The average Bonchev–Trinajstić information content (AvgIpc) is 2.72. The van der Waals surface area contributed by atoms with Gasteiger partial charge in [0.05, 0.1) is 5.92 Å². The van der Waals surface area contributed by atoms with Crippen LogP contribution in [0.2, 0.25) is 0 Å². The lowest BCUT2D eigenvalue weighted by Crippen LogP contribution is -2.45. The fourth-order valence-electron chi connectivity index (χ4n) is 3.14. The smallest absolute Gasteiger partial charge is 0.317 e. The molecule has 0 saturated carbocycles. The summed E-state index contributed by atoms with van der Waals surface area (Å²) in [5.41, 5.74) is 1.99. The van der Waals surface area contributed by atoms with Crippen LogP contribution < -0.4 is 10.1 Å². The van der Waals surface area contributed by atoms with Crippen LogP contribution >= 0.6 is 0 Å². The standard InChI is InChI=1S/C21H24N2O4/c24-20(25)17-10-12-23(13-11-17)21(26)22-14-18-8-4-5-9-19(18)27-15-16-6-2-1-3-7-16/h1-9,17H,10-15H2,(H,22,26)(H,24,25). The summed E-state index contributed by atoms with van der Waals surface area (Å²) in [5.74, 6) is -0.382. The van der Waals surface area contributed by atoms with Gasteiger partial charge >= 0.3 is 12.0 Å². The Kier molecular flexibility index (Phi) is 6.30. The van der Waals surface area contributed by atoms with Crippen molar-refractivity contribution in [3.8, 4) is 5.75 Å². The number of amides is 2. The number of carboxylic acids is 1. The molecule has 0 atom stereocenters. The molecule has 1 fully saturated rings. The normalized spacial score (nSPS) is 14.6. The Balaban J connectivity index is 1.52. The molecule has 2 aromatic rings. The third-order valence-corrected chi connectivity index (χ3v) is 4.77. The highest BCUT2D eigenvalue weighted by Crippen LogP contribution is 2.20. The number of piperidine rings is 1. The molecule has 27 heavy (non-hydrogen) atoms. The third kappa shape index (κ3) is 5.23. The fraction of sp³-hybridized carbons (Fsp3) is 0.333. The summed E-state index contributed by atoms with van der Waals surface area (Å²) in [4.78, 5) is 25.0. The van der Waals surface area contributed by atoms with Crippen LogP contribution in [-0.2, 0) is 17.9 Å². The van der Waals surface area contributed by atoms with Gasteiger partial charge in [-0.3, -0.25) is 4.79 Å². The average molecular weight is 368 g/mol. The lowest BCUT2D eigenvalue weighted by atomic mass is 9.97. The first-order chi connectivity index (χ1) is 13.1. The van der Waals surface area contributed by atoms with Crippen molar-refractivity contribution in [2.24, 2.45) is 5.92 Å². The van der Waals surface area contributed by atoms with Crippen LogP contribution in [0.15, 0.2) is 54.6 Å². The molecular formula is C21H24N2O4. The van der Waals surface area contributed by atoms with Gasteiger partial charge in [0.1, 0.15) is 12.4 Å². The number of nitrogens with one attached hydrogen (secondary N) is 1. The molecule has 1 aliphatic rings. The maximum atomic E-state index is 12.4. The van der Waals surface area contributed by atoms with E-state index in [0.717, 1.165) is 16.9 Å². The van der Waals surface area contributed by atoms with E-state index < -0.39 is 5.97 Å². The summed E-state index contributed by atoms with van der Waals surface area (Å²) in [6.07, 6.45) is 0.999. The number of carboxylic acid groups (broad SMARTS) is 1. The number of para-hydroxylation sites is 1. The Morgan fingerprint density at radius 1 is 1.04 bits per heavy atom. The molecule has 0 radical (unpaired) electrons. The minimum Gasteiger partial charge on any atom is -0.489 e. The molecule has 1 heterocycles. The molecule has 1 aliphatic heterocycles. The Morgan fingerprint density at radius 3 is 2.41 bits per heavy atom. The first-order valence-electron chi connectivity index (χ1n) is 9.13. The monoisotopic (exact) mass is 368 g/mol. The van der Waals surface area contributed by atoms with Gasteiger partial charge < -0.3 is 20.1 Å². The topological polar surface area (TPSA) is 78.9 Å². The molecule has 0 spiro atoms. The van der Waals surface area contributed by atoms with Crippen LogP contribution in [0.1, 0.15) is 24.0 Å². The van der Waals surface area contributed by atoms with E-state index in [2.05, 4.69) is 5.32 Å². The summed E-state index contributed by atoms with van der Waals surface area (Å²) < 4.78 is 5.91. The largest absolute Gasteiger partial charge is 0.489 e. The summed E-state index contributed by atoms with van der Waals surface area (Å²) in [5, 5.41) is 12.0. The van der Waals surface area contributed by atoms with Gasteiger partial charge in [0, 0.05) is 25.2 Å². The summed E-state index contributed by atoms with van der Waals surface area (Å²) in [6, 6.07) is 17.4. The lowest BCUT2D eigenvalue weighted by molar-refractivity contribution is -0.143. The minimum atomic E-state index is -0.778. The number of carbonyl (C=O) groups is 2. The van der Waals surface area contributed by atoms with Crippen LogP contribution in [0, 0.1) is 5.92 Å². The zero-order valence-electron chi connectivity index (χ0n) is 15.1. The minimum absolute atomic E-state index is 0.170. The number of rotatable bonds is 6. The molecule has 1 saturated heterocycles. The van der Waals surface area contributed by atoms with Crippen LogP contribution in [0.25, 0.3) is 0 Å². The van der Waals surface area contributed by atoms with Crippen LogP contribution in [0.5, 0.6) is 5.75 Å². The highest BCUT2D eigenvalue weighted by molar-refractivity contribution is 5.75. The number of aliphatic carboxylic acids is 1. The van der Waals surface area contributed by atoms with Gasteiger partial charge in [0.2, 0.25) is 0 Å².